The number of thiophene rings is 1. The number of rotatable bonds is 3. The third-order valence-corrected chi connectivity index (χ3v) is 8.00. The Morgan fingerprint density at radius 1 is 1.04 bits per heavy atom. The van der Waals surface area contributed by atoms with E-state index in [1.807, 2.05) is 42.6 Å². The molecule has 0 amide bonds. The van der Waals surface area contributed by atoms with Crippen LogP contribution in [0.25, 0.3) is 0 Å². The molecule has 0 radical (unpaired) electrons. The minimum Gasteiger partial charge on any atom is -0.348 e. The molecule has 0 fully saturated rings. The number of aromatic nitrogens is 1. The van der Waals surface area contributed by atoms with Crippen LogP contribution in [0.5, 0.6) is 0 Å². The fourth-order valence-electron chi connectivity index (χ4n) is 3.13. The topological polar surface area (TPSA) is 42.3 Å². The highest BCUT2D eigenvalue weighted by Gasteiger charge is 2.37. The number of halogens is 1. The molecule has 1 unspecified atom stereocenters. The maximum atomic E-state index is 13.1. The molecule has 124 valence electrons. The van der Waals surface area contributed by atoms with E-state index in [0.717, 1.165) is 15.7 Å². The van der Waals surface area contributed by atoms with Gasteiger partial charge in [-0.3, -0.25) is 0 Å². The van der Waals surface area contributed by atoms with Gasteiger partial charge in [-0.15, -0.1) is 11.3 Å². The molecule has 0 saturated heterocycles. The first-order valence-electron chi connectivity index (χ1n) is 7.53. The quantitative estimate of drug-likeness (QED) is 0.637. The van der Waals surface area contributed by atoms with Crippen molar-refractivity contribution in [2.24, 2.45) is 0 Å². The Morgan fingerprint density at radius 3 is 2.54 bits per heavy atom. The summed E-state index contributed by atoms with van der Waals surface area (Å²) in [6, 6.07) is 15.0. The Bertz CT molecular complexity index is 947. The molecule has 4 nitrogen and oxygen atoms in total. The van der Waals surface area contributed by atoms with E-state index in [-0.39, 0.29) is 6.04 Å². The van der Waals surface area contributed by atoms with Crippen LogP contribution < -0.4 is 0 Å². The van der Waals surface area contributed by atoms with E-state index < -0.39 is 10.0 Å². The maximum absolute atomic E-state index is 13.1. The highest BCUT2D eigenvalue weighted by molar-refractivity contribution is 9.10. The van der Waals surface area contributed by atoms with Gasteiger partial charge in [-0.1, -0.05) is 34.1 Å². The van der Waals surface area contributed by atoms with Crippen LogP contribution in [0.2, 0.25) is 0 Å². The Kier molecular flexibility index (Phi) is 4.12. The fraction of sp³-hybridized carbons (Fsp3) is 0.176. The molecule has 0 N–H and O–H groups in total. The number of fused-ring (bicyclic) bond motifs is 1. The summed E-state index contributed by atoms with van der Waals surface area (Å²) >= 11 is 4.71. The molecule has 3 heterocycles. The summed E-state index contributed by atoms with van der Waals surface area (Å²) in [5.41, 5.74) is 1.97. The van der Waals surface area contributed by atoms with Crippen LogP contribution in [-0.4, -0.2) is 23.8 Å². The normalized spacial score (nSPS) is 18.5. The summed E-state index contributed by atoms with van der Waals surface area (Å²) in [5, 5.41) is 1.80. The first kappa shape index (κ1) is 16.1. The summed E-state index contributed by atoms with van der Waals surface area (Å²) in [6.45, 7) is 1.13. The lowest BCUT2D eigenvalue weighted by Gasteiger charge is -2.36. The monoisotopic (exact) mass is 422 g/mol. The summed E-state index contributed by atoms with van der Waals surface area (Å²) in [6.07, 6.45) is 2.01. The van der Waals surface area contributed by atoms with Gasteiger partial charge >= 0.3 is 0 Å². The molecule has 2 aromatic heterocycles. The van der Waals surface area contributed by atoms with Gasteiger partial charge in [0.05, 0.1) is 6.04 Å². The Labute approximate surface area is 153 Å². The second kappa shape index (κ2) is 6.15. The number of hydrogen-bond donors (Lipinski definition) is 0. The predicted molar refractivity (Wildman–Crippen MR) is 98.6 cm³/mol. The van der Waals surface area contributed by atoms with Gasteiger partial charge < -0.3 is 4.57 Å². The molecule has 0 saturated carbocycles. The van der Waals surface area contributed by atoms with Gasteiger partial charge in [0.25, 0.3) is 10.0 Å². The number of sulfonamides is 1. The zero-order valence-electron chi connectivity index (χ0n) is 12.7. The standard InChI is InChI=1S/C17H15BrN2O2S2/c18-14-7-5-13(6-8-14)17-15-3-1-9-19(15)10-11-20(17)24(21,22)16-4-2-12-23-16/h1-9,12,17H,10-11H2. The first-order chi connectivity index (χ1) is 11.6. The first-order valence-corrected chi connectivity index (χ1v) is 10.6. The van der Waals surface area contributed by atoms with Gasteiger partial charge in [-0.05, 0) is 41.3 Å². The molecule has 1 atom stereocenters. The molecule has 24 heavy (non-hydrogen) atoms. The molecule has 0 spiro atoms. The lowest BCUT2D eigenvalue weighted by atomic mass is 10.0. The van der Waals surface area contributed by atoms with Crippen LogP contribution in [0.3, 0.4) is 0 Å². The van der Waals surface area contributed by atoms with Crippen molar-refractivity contribution >= 4 is 37.3 Å². The zero-order valence-corrected chi connectivity index (χ0v) is 15.9. The molecule has 1 aliphatic heterocycles. The molecule has 0 bridgehead atoms. The highest BCUT2D eigenvalue weighted by atomic mass is 79.9. The van der Waals surface area contributed by atoms with E-state index in [2.05, 4.69) is 20.5 Å². The van der Waals surface area contributed by atoms with E-state index in [4.69, 9.17) is 0 Å². The number of nitrogens with zero attached hydrogens (tertiary/aromatic N) is 2. The van der Waals surface area contributed by atoms with Crippen molar-refractivity contribution in [1.29, 1.82) is 0 Å². The molecule has 0 aliphatic carbocycles. The summed E-state index contributed by atoms with van der Waals surface area (Å²) < 4.78 is 31.4. The molecular weight excluding hydrogens is 408 g/mol. The van der Waals surface area contributed by atoms with Gasteiger partial charge in [0, 0.05) is 29.5 Å². The van der Waals surface area contributed by atoms with E-state index in [1.165, 1.54) is 11.3 Å². The van der Waals surface area contributed by atoms with Crippen molar-refractivity contribution < 1.29 is 8.42 Å². The molecule has 3 aromatic rings. The van der Waals surface area contributed by atoms with Crippen LogP contribution in [-0.2, 0) is 16.6 Å². The lowest BCUT2D eigenvalue weighted by molar-refractivity contribution is 0.299. The Morgan fingerprint density at radius 2 is 1.83 bits per heavy atom. The average molecular weight is 423 g/mol. The van der Waals surface area contributed by atoms with Crippen molar-refractivity contribution in [3.05, 3.63) is 75.8 Å². The smallest absolute Gasteiger partial charge is 0.253 e. The van der Waals surface area contributed by atoms with Crippen LogP contribution in [0.1, 0.15) is 17.3 Å². The zero-order chi connectivity index (χ0) is 16.7. The van der Waals surface area contributed by atoms with Crippen molar-refractivity contribution in [2.75, 3.05) is 6.54 Å². The highest BCUT2D eigenvalue weighted by Crippen LogP contribution is 2.37. The fourth-order valence-corrected chi connectivity index (χ4v) is 6.09. The Hall–Kier alpha value is -1.41. The minimum atomic E-state index is -3.52. The minimum absolute atomic E-state index is 0.311. The summed E-state index contributed by atoms with van der Waals surface area (Å²) in [4.78, 5) is 0. The molecule has 1 aliphatic rings. The largest absolute Gasteiger partial charge is 0.348 e. The Balaban J connectivity index is 1.86. The van der Waals surface area contributed by atoms with Gasteiger partial charge in [-0.25, -0.2) is 8.42 Å². The van der Waals surface area contributed by atoms with Gasteiger partial charge in [0.15, 0.2) is 0 Å². The van der Waals surface area contributed by atoms with Gasteiger partial charge in [-0.2, -0.15) is 4.31 Å². The van der Waals surface area contributed by atoms with E-state index >= 15 is 0 Å². The van der Waals surface area contributed by atoms with E-state index in [9.17, 15) is 8.42 Å². The number of hydrogen-bond acceptors (Lipinski definition) is 3. The molecule has 4 rings (SSSR count). The van der Waals surface area contributed by atoms with Gasteiger partial charge in [0.2, 0.25) is 0 Å². The molecule has 1 aromatic carbocycles. The average Bonchev–Trinajstić information content (AvgIpc) is 3.26. The second-order valence-electron chi connectivity index (χ2n) is 5.63. The predicted octanol–water partition coefficient (Wildman–Crippen LogP) is 4.11. The summed E-state index contributed by atoms with van der Waals surface area (Å²) in [5.74, 6) is 0. The van der Waals surface area contributed by atoms with Crippen LogP contribution >= 0.6 is 27.3 Å². The van der Waals surface area contributed by atoms with Crippen molar-refractivity contribution in [3.8, 4) is 0 Å². The maximum Gasteiger partial charge on any atom is 0.253 e. The van der Waals surface area contributed by atoms with Crippen molar-refractivity contribution in [2.45, 2.75) is 16.8 Å². The number of benzene rings is 1. The van der Waals surface area contributed by atoms with E-state index in [1.54, 1.807) is 21.8 Å². The summed E-state index contributed by atoms with van der Waals surface area (Å²) in [7, 11) is -3.52. The third-order valence-electron chi connectivity index (χ3n) is 4.24. The van der Waals surface area contributed by atoms with E-state index in [0.29, 0.717) is 17.3 Å². The van der Waals surface area contributed by atoms with Gasteiger partial charge in [0.1, 0.15) is 4.21 Å². The molecular formula is C17H15BrN2O2S2. The second-order valence-corrected chi connectivity index (χ2v) is 9.61. The van der Waals surface area contributed by atoms with Crippen molar-refractivity contribution in [3.63, 3.8) is 0 Å². The lowest BCUT2D eigenvalue weighted by Crippen LogP contribution is -2.42. The van der Waals surface area contributed by atoms with Crippen LogP contribution in [0.15, 0.2) is 68.8 Å². The SMILES string of the molecule is O=S(=O)(c1cccs1)N1CCn2cccc2C1c1ccc(Br)cc1. The van der Waals surface area contributed by atoms with Crippen LogP contribution in [0, 0.1) is 0 Å². The third kappa shape index (κ3) is 2.65. The van der Waals surface area contributed by atoms with Crippen LogP contribution in [0.4, 0.5) is 0 Å². The molecule has 7 heteroatoms. The van der Waals surface area contributed by atoms with Crippen molar-refractivity contribution in [1.82, 2.24) is 8.87 Å².